The van der Waals surface area contributed by atoms with Crippen LogP contribution in [0, 0.1) is 0 Å². The van der Waals surface area contributed by atoms with Crippen molar-refractivity contribution in [3.8, 4) is 0 Å². The summed E-state index contributed by atoms with van der Waals surface area (Å²) in [5.41, 5.74) is 0.874. The standard InChI is InChI=1S/C17H23F2NO3S.C2H6/c18-15(19)8-12-7-11-1-6-23-17(16(11)24-12)2-4-20(5-3-17)13-9-22-10-14(13)21;1-2/h7,13-15,21H,1-6,8-10H2;1-2H3. The first kappa shape index (κ1) is 20.1. The lowest BCUT2D eigenvalue weighted by atomic mass is 9.84. The fourth-order valence-corrected chi connectivity index (χ4v) is 5.61. The van der Waals surface area contributed by atoms with Crippen molar-refractivity contribution in [3.63, 3.8) is 0 Å². The van der Waals surface area contributed by atoms with Gasteiger partial charge in [0, 0.05) is 29.3 Å². The summed E-state index contributed by atoms with van der Waals surface area (Å²) in [4.78, 5) is 4.21. The molecule has 0 radical (unpaired) electrons. The fourth-order valence-electron chi connectivity index (χ4n) is 4.20. The Bertz CT molecular complexity index is 587. The SMILES string of the molecule is CC.OC1COCC1N1CCC2(CC1)OCCc1cc(CC(F)F)sc12. The van der Waals surface area contributed by atoms with E-state index in [-0.39, 0.29) is 18.1 Å². The third-order valence-electron chi connectivity index (χ3n) is 5.48. The van der Waals surface area contributed by atoms with Crippen LogP contribution in [0.15, 0.2) is 6.07 Å². The molecule has 4 rings (SSSR count). The molecule has 0 saturated carbocycles. The number of hydrogen-bond acceptors (Lipinski definition) is 5. The maximum atomic E-state index is 12.7. The van der Waals surface area contributed by atoms with Crippen LogP contribution in [-0.4, -0.2) is 61.5 Å². The minimum Gasteiger partial charge on any atom is -0.389 e. The number of ether oxygens (including phenoxy) is 2. The molecule has 2 atom stereocenters. The second-order valence-corrected chi connectivity index (χ2v) is 8.10. The Hall–Kier alpha value is -0.600. The summed E-state index contributed by atoms with van der Waals surface area (Å²) in [6.45, 7) is 7.33. The molecule has 7 heteroatoms. The van der Waals surface area contributed by atoms with Gasteiger partial charge in [0.05, 0.1) is 32.0 Å². The monoisotopic (exact) mass is 389 g/mol. The van der Waals surface area contributed by atoms with Gasteiger partial charge in [0.1, 0.15) is 5.60 Å². The largest absolute Gasteiger partial charge is 0.389 e. The molecule has 0 bridgehead atoms. The molecule has 1 N–H and O–H groups in total. The van der Waals surface area contributed by atoms with Gasteiger partial charge in [0.15, 0.2) is 0 Å². The molecule has 1 aromatic heterocycles. The van der Waals surface area contributed by atoms with Gasteiger partial charge in [-0.25, -0.2) is 8.78 Å². The molecule has 4 nitrogen and oxygen atoms in total. The van der Waals surface area contributed by atoms with E-state index in [4.69, 9.17) is 9.47 Å². The van der Waals surface area contributed by atoms with Crippen molar-refractivity contribution in [2.24, 2.45) is 0 Å². The summed E-state index contributed by atoms with van der Waals surface area (Å²) < 4.78 is 37.0. The van der Waals surface area contributed by atoms with Gasteiger partial charge in [0.25, 0.3) is 0 Å². The van der Waals surface area contributed by atoms with Crippen LogP contribution in [-0.2, 0) is 27.9 Å². The van der Waals surface area contributed by atoms with Gasteiger partial charge in [-0.1, -0.05) is 13.8 Å². The highest BCUT2D eigenvalue weighted by atomic mass is 32.1. The van der Waals surface area contributed by atoms with Gasteiger partial charge >= 0.3 is 0 Å². The number of halogens is 2. The molecule has 26 heavy (non-hydrogen) atoms. The van der Waals surface area contributed by atoms with Crippen molar-refractivity contribution in [2.45, 2.75) is 63.7 Å². The van der Waals surface area contributed by atoms with Crippen molar-refractivity contribution in [1.82, 2.24) is 4.90 Å². The van der Waals surface area contributed by atoms with E-state index in [1.54, 1.807) is 0 Å². The molecular formula is C19H29F2NO3S. The second kappa shape index (κ2) is 8.61. The number of aliphatic hydroxyl groups excluding tert-OH is 1. The van der Waals surface area contributed by atoms with Gasteiger partial charge in [0.2, 0.25) is 6.43 Å². The van der Waals surface area contributed by atoms with E-state index in [0.29, 0.717) is 19.8 Å². The van der Waals surface area contributed by atoms with Crippen LogP contribution in [0.5, 0.6) is 0 Å². The summed E-state index contributed by atoms with van der Waals surface area (Å²) in [7, 11) is 0. The zero-order chi connectivity index (χ0) is 18.7. The van der Waals surface area contributed by atoms with Gasteiger partial charge in [-0.2, -0.15) is 0 Å². The molecular weight excluding hydrogens is 360 g/mol. The predicted octanol–water partition coefficient (Wildman–Crippen LogP) is 3.21. The Morgan fingerprint density at radius 3 is 2.65 bits per heavy atom. The van der Waals surface area contributed by atoms with Crippen LogP contribution in [0.3, 0.4) is 0 Å². The average molecular weight is 390 g/mol. The van der Waals surface area contributed by atoms with Crippen molar-refractivity contribution in [3.05, 3.63) is 21.4 Å². The Morgan fingerprint density at radius 1 is 1.31 bits per heavy atom. The van der Waals surface area contributed by atoms with Crippen molar-refractivity contribution >= 4 is 11.3 Å². The van der Waals surface area contributed by atoms with Gasteiger partial charge in [-0.05, 0) is 30.9 Å². The van der Waals surface area contributed by atoms with Crippen LogP contribution in [0.2, 0.25) is 0 Å². The first-order chi connectivity index (χ1) is 12.6. The molecule has 1 aromatic rings. The smallest absolute Gasteiger partial charge is 0.243 e. The highest BCUT2D eigenvalue weighted by Gasteiger charge is 2.44. The van der Waals surface area contributed by atoms with Gasteiger partial charge < -0.3 is 14.6 Å². The number of fused-ring (bicyclic) bond motifs is 2. The molecule has 2 fully saturated rings. The molecule has 0 aliphatic carbocycles. The average Bonchev–Trinajstić information content (AvgIpc) is 3.24. The highest BCUT2D eigenvalue weighted by Crippen LogP contribution is 2.46. The molecule has 0 amide bonds. The topological polar surface area (TPSA) is 41.9 Å². The van der Waals surface area contributed by atoms with Crippen molar-refractivity contribution in [1.29, 1.82) is 0 Å². The minimum atomic E-state index is -2.30. The van der Waals surface area contributed by atoms with Crippen LogP contribution in [0.1, 0.15) is 42.0 Å². The zero-order valence-electron chi connectivity index (χ0n) is 15.5. The van der Waals surface area contributed by atoms with E-state index in [0.717, 1.165) is 42.1 Å². The first-order valence-corrected chi connectivity index (χ1v) is 10.4. The minimum absolute atomic E-state index is 0.0724. The van der Waals surface area contributed by atoms with Crippen LogP contribution < -0.4 is 0 Å². The summed E-state index contributed by atoms with van der Waals surface area (Å²) in [5.74, 6) is 0. The van der Waals surface area contributed by atoms with Gasteiger partial charge in [-0.15, -0.1) is 11.3 Å². The number of piperidine rings is 1. The Kier molecular flexibility index (Phi) is 6.67. The number of hydrogen-bond donors (Lipinski definition) is 1. The normalized spacial score (nSPS) is 28.1. The molecule has 0 aromatic carbocycles. The summed E-state index contributed by atoms with van der Waals surface area (Å²) >= 11 is 1.51. The number of thiophene rings is 1. The van der Waals surface area contributed by atoms with Crippen LogP contribution in [0.4, 0.5) is 8.78 Å². The Labute approximate surface area is 158 Å². The molecule has 4 heterocycles. The van der Waals surface area contributed by atoms with E-state index in [1.807, 2.05) is 19.9 Å². The molecule has 2 saturated heterocycles. The van der Waals surface area contributed by atoms with Crippen LogP contribution >= 0.6 is 11.3 Å². The maximum absolute atomic E-state index is 12.7. The molecule has 148 valence electrons. The predicted molar refractivity (Wildman–Crippen MR) is 98.1 cm³/mol. The molecule has 2 unspecified atom stereocenters. The van der Waals surface area contributed by atoms with E-state index >= 15 is 0 Å². The van der Waals surface area contributed by atoms with Gasteiger partial charge in [-0.3, -0.25) is 4.90 Å². The number of aliphatic hydroxyl groups is 1. The third-order valence-corrected chi connectivity index (χ3v) is 6.86. The molecule has 1 spiro atoms. The lowest BCUT2D eigenvalue weighted by molar-refractivity contribution is -0.104. The van der Waals surface area contributed by atoms with Crippen molar-refractivity contribution < 1.29 is 23.4 Å². The van der Waals surface area contributed by atoms with E-state index in [1.165, 1.54) is 16.9 Å². The number of rotatable bonds is 3. The zero-order valence-corrected chi connectivity index (χ0v) is 16.4. The quantitative estimate of drug-likeness (QED) is 0.862. The summed E-state index contributed by atoms with van der Waals surface area (Å²) in [5, 5.41) is 10.0. The second-order valence-electron chi connectivity index (χ2n) is 6.96. The van der Waals surface area contributed by atoms with Crippen LogP contribution in [0.25, 0.3) is 0 Å². The fraction of sp³-hybridized carbons (Fsp3) is 0.789. The first-order valence-electron chi connectivity index (χ1n) is 9.61. The Morgan fingerprint density at radius 2 is 2.04 bits per heavy atom. The summed E-state index contributed by atoms with van der Waals surface area (Å²) in [6.07, 6.45) is -0.370. The van der Waals surface area contributed by atoms with E-state index in [2.05, 4.69) is 4.90 Å². The number of nitrogens with zero attached hydrogens (tertiary/aromatic N) is 1. The Balaban J connectivity index is 0.000000948. The number of alkyl halides is 2. The number of likely N-dealkylation sites (tertiary alicyclic amines) is 1. The van der Waals surface area contributed by atoms with E-state index < -0.39 is 12.5 Å². The molecule has 3 aliphatic rings. The highest BCUT2D eigenvalue weighted by molar-refractivity contribution is 7.12. The van der Waals surface area contributed by atoms with Crippen molar-refractivity contribution in [2.75, 3.05) is 32.9 Å². The lowest BCUT2D eigenvalue weighted by Gasteiger charge is -2.45. The lowest BCUT2D eigenvalue weighted by Crippen LogP contribution is -2.52. The van der Waals surface area contributed by atoms with E-state index in [9.17, 15) is 13.9 Å². The summed E-state index contributed by atoms with van der Waals surface area (Å²) in [6, 6.07) is 2.03. The third kappa shape index (κ3) is 3.97. The molecule has 3 aliphatic heterocycles. The maximum Gasteiger partial charge on any atom is 0.243 e.